The molecule has 2 bridgehead atoms. The van der Waals surface area contributed by atoms with Gasteiger partial charge in [0.05, 0.1) is 7.11 Å². The van der Waals surface area contributed by atoms with Crippen LogP contribution in [0.2, 0.25) is 0 Å². The molecule has 2 aliphatic rings. The molecule has 6 heteroatoms. The highest BCUT2D eigenvalue weighted by Crippen LogP contribution is 2.50. The molecule has 1 saturated heterocycles. The molecule has 146 valence electrons. The van der Waals surface area contributed by atoms with Crippen LogP contribution in [-0.4, -0.2) is 36.1 Å². The third-order valence-corrected chi connectivity index (χ3v) is 5.86. The first-order chi connectivity index (χ1) is 13.4. The molecule has 0 aromatic heterocycles. The van der Waals surface area contributed by atoms with Gasteiger partial charge in [-0.3, -0.25) is 9.59 Å². The lowest BCUT2D eigenvalue weighted by Crippen LogP contribution is -2.64. The summed E-state index contributed by atoms with van der Waals surface area (Å²) in [6.07, 6.45) is 1.13. The number of hydrogen-bond acceptors (Lipinski definition) is 4. The highest BCUT2D eigenvalue weighted by Gasteiger charge is 2.55. The molecule has 2 heterocycles. The largest absolute Gasteiger partial charge is 0.496 e. The molecular formula is C22H24N2O4. The van der Waals surface area contributed by atoms with Gasteiger partial charge in [-0.1, -0.05) is 36.4 Å². The van der Waals surface area contributed by atoms with E-state index in [9.17, 15) is 9.59 Å². The predicted molar refractivity (Wildman–Crippen MR) is 104 cm³/mol. The zero-order chi connectivity index (χ0) is 19.9. The summed E-state index contributed by atoms with van der Waals surface area (Å²) in [5, 5.41) is 0. The minimum Gasteiger partial charge on any atom is -0.496 e. The summed E-state index contributed by atoms with van der Waals surface area (Å²) in [6, 6.07) is 15.3. The summed E-state index contributed by atoms with van der Waals surface area (Å²) in [7, 11) is 1.63. The number of hydrogen-bond donors (Lipinski definition) is 1. The Morgan fingerprint density at radius 1 is 1.25 bits per heavy atom. The molecule has 3 atom stereocenters. The van der Waals surface area contributed by atoms with Crippen molar-refractivity contribution in [3.05, 3.63) is 59.7 Å². The van der Waals surface area contributed by atoms with Crippen molar-refractivity contribution in [2.45, 2.75) is 31.4 Å². The van der Waals surface area contributed by atoms with Crippen LogP contribution in [0.5, 0.6) is 11.5 Å². The molecule has 28 heavy (non-hydrogen) atoms. The average molecular weight is 380 g/mol. The normalized spacial score (nSPS) is 25.6. The van der Waals surface area contributed by atoms with Crippen LogP contribution in [0.4, 0.5) is 0 Å². The second-order valence-electron chi connectivity index (χ2n) is 7.56. The summed E-state index contributed by atoms with van der Waals surface area (Å²) >= 11 is 0. The van der Waals surface area contributed by atoms with E-state index >= 15 is 0 Å². The number of nitrogens with two attached hydrogens (primary N) is 1. The maximum absolute atomic E-state index is 13.3. The van der Waals surface area contributed by atoms with Crippen molar-refractivity contribution in [1.82, 2.24) is 4.90 Å². The van der Waals surface area contributed by atoms with E-state index in [0.29, 0.717) is 25.1 Å². The van der Waals surface area contributed by atoms with Gasteiger partial charge in [-0.15, -0.1) is 0 Å². The average Bonchev–Trinajstić information content (AvgIpc) is 2.67. The number of benzene rings is 2. The van der Waals surface area contributed by atoms with Gasteiger partial charge in [-0.05, 0) is 36.6 Å². The van der Waals surface area contributed by atoms with Gasteiger partial charge in [0.1, 0.15) is 17.4 Å². The summed E-state index contributed by atoms with van der Waals surface area (Å²) in [5.74, 6) is -0.511. The Hall–Kier alpha value is -3.02. The Labute approximate surface area is 164 Å². The Kier molecular flexibility index (Phi) is 4.49. The number of nitrogens with zero attached hydrogens (tertiary/aromatic N) is 1. The fraction of sp³-hybridized carbons (Fsp3) is 0.364. The molecule has 1 fully saturated rings. The number of piperidine rings is 1. The highest BCUT2D eigenvalue weighted by atomic mass is 16.5. The van der Waals surface area contributed by atoms with E-state index in [1.54, 1.807) is 12.0 Å². The van der Waals surface area contributed by atoms with Crippen LogP contribution in [0.3, 0.4) is 0 Å². The van der Waals surface area contributed by atoms with Crippen molar-refractivity contribution >= 4 is 11.8 Å². The minimum absolute atomic E-state index is 0.262. The van der Waals surface area contributed by atoms with E-state index in [1.165, 1.54) is 0 Å². The van der Waals surface area contributed by atoms with E-state index in [2.05, 4.69) is 0 Å². The quantitative estimate of drug-likeness (QED) is 0.808. The van der Waals surface area contributed by atoms with Crippen LogP contribution < -0.4 is 15.2 Å². The van der Waals surface area contributed by atoms with E-state index in [1.807, 2.05) is 55.5 Å². The van der Waals surface area contributed by atoms with E-state index in [-0.39, 0.29) is 11.8 Å². The third kappa shape index (κ3) is 2.89. The molecule has 0 unspecified atom stereocenters. The number of likely N-dealkylation sites (tertiary alicyclic amines) is 1. The number of para-hydroxylation sites is 2. The molecule has 2 N–H and O–H groups in total. The number of fused-ring (bicyclic) bond motifs is 4. The van der Waals surface area contributed by atoms with Gasteiger partial charge < -0.3 is 20.1 Å². The van der Waals surface area contributed by atoms with Gasteiger partial charge >= 0.3 is 0 Å². The van der Waals surface area contributed by atoms with Crippen molar-refractivity contribution in [3.63, 3.8) is 0 Å². The zero-order valence-electron chi connectivity index (χ0n) is 16.1. The fourth-order valence-corrected chi connectivity index (χ4v) is 4.52. The number of rotatable bonds is 5. The number of carbonyl (C=O) groups excluding carboxylic acids is 2. The van der Waals surface area contributed by atoms with Gasteiger partial charge in [0.15, 0.2) is 5.72 Å². The molecule has 0 saturated carbocycles. The number of primary amides is 1. The molecule has 0 radical (unpaired) electrons. The van der Waals surface area contributed by atoms with E-state index in [0.717, 1.165) is 16.9 Å². The number of carbonyl (C=O) groups is 2. The molecule has 6 nitrogen and oxygen atoms in total. The fourth-order valence-electron chi connectivity index (χ4n) is 4.52. The predicted octanol–water partition coefficient (Wildman–Crippen LogP) is 2.46. The molecule has 0 spiro atoms. The Morgan fingerprint density at radius 3 is 2.71 bits per heavy atom. The number of ether oxygens (including phenoxy) is 2. The molecule has 0 aliphatic carbocycles. The lowest BCUT2D eigenvalue weighted by atomic mass is 9.73. The van der Waals surface area contributed by atoms with Crippen LogP contribution in [-0.2, 0) is 16.0 Å². The molecule has 2 aliphatic heterocycles. The number of amides is 2. The smallest absolute Gasteiger partial charge is 0.238 e. The van der Waals surface area contributed by atoms with Crippen LogP contribution >= 0.6 is 0 Å². The molecular weight excluding hydrogens is 356 g/mol. The monoisotopic (exact) mass is 380 g/mol. The molecule has 2 aromatic rings. The van der Waals surface area contributed by atoms with Crippen molar-refractivity contribution in [2.75, 3.05) is 13.7 Å². The van der Waals surface area contributed by atoms with Crippen molar-refractivity contribution in [3.8, 4) is 11.5 Å². The summed E-state index contributed by atoms with van der Waals surface area (Å²) in [6.45, 7) is 2.32. The first-order valence-electron chi connectivity index (χ1n) is 9.45. The van der Waals surface area contributed by atoms with Crippen molar-refractivity contribution in [2.24, 2.45) is 11.7 Å². The third-order valence-electron chi connectivity index (χ3n) is 5.86. The maximum atomic E-state index is 13.3. The van der Waals surface area contributed by atoms with Gasteiger partial charge in [-0.2, -0.15) is 0 Å². The SMILES string of the molecule is COc1ccccc1CCN1C(=O)[C@@H](C(N)=O)[C@H]2C[C@@]1(C)Oc1ccccc12. The van der Waals surface area contributed by atoms with Gasteiger partial charge in [0.2, 0.25) is 11.8 Å². The lowest BCUT2D eigenvalue weighted by Gasteiger charge is -2.52. The van der Waals surface area contributed by atoms with Gasteiger partial charge in [0.25, 0.3) is 0 Å². The Bertz CT molecular complexity index is 928. The maximum Gasteiger partial charge on any atom is 0.238 e. The van der Waals surface area contributed by atoms with Crippen LogP contribution in [0, 0.1) is 5.92 Å². The Morgan fingerprint density at radius 2 is 1.96 bits per heavy atom. The first kappa shape index (κ1) is 18.3. The highest BCUT2D eigenvalue weighted by molar-refractivity contribution is 6.01. The Balaban J connectivity index is 1.68. The second-order valence-corrected chi connectivity index (χ2v) is 7.56. The van der Waals surface area contributed by atoms with Crippen molar-refractivity contribution in [1.29, 1.82) is 0 Å². The summed E-state index contributed by atoms with van der Waals surface area (Å²) in [5.41, 5.74) is 6.72. The second kappa shape index (κ2) is 6.86. The topological polar surface area (TPSA) is 81.9 Å². The van der Waals surface area contributed by atoms with Gasteiger partial charge in [-0.25, -0.2) is 0 Å². The lowest BCUT2D eigenvalue weighted by molar-refractivity contribution is -0.175. The van der Waals surface area contributed by atoms with Crippen LogP contribution in [0.1, 0.15) is 30.4 Å². The van der Waals surface area contributed by atoms with Crippen molar-refractivity contribution < 1.29 is 19.1 Å². The first-order valence-corrected chi connectivity index (χ1v) is 9.45. The zero-order valence-corrected chi connectivity index (χ0v) is 16.1. The minimum atomic E-state index is -0.879. The summed E-state index contributed by atoms with van der Waals surface area (Å²) < 4.78 is 11.7. The van der Waals surface area contributed by atoms with Crippen LogP contribution in [0.15, 0.2) is 48.5 Å². The summed E-state index contributed by atoms with van der Waals surface area (Å²) in [4.78, 5) is 27.2. The molecule has 2 aromatic carbocycles. The van der Waals surface area contributed by atoms with Crippen LogP contribution in [0.25, 0.3) is 0 Å². The molecule has 2 amide bonds. The standard InChI is InChI=1S/C22H24N2O4/c1-22-13-16(15-8-4-6-10-18(15)28-22)19(20(23)25)21(26)24(22)12-11-14-7-3-5-9-17(14)27-2/h3-10,16,19H,11-13H2,1-2H3,(H2,23,25)/t16-,19+,22+/m0/s1. The van der Waals surface area contributed by atoms with Gasteiger partial charge in [0, 0.05) is 18.9 Å². The van der Waals surface area contributed by atoms with E-state index in [4.69, 9.17) is 15.2 Å². The number of methoxy groups -OCH3 is 1. The van der Waals surface area contributed by atoms with E-state index < -0.39 is 17.6 Å². The molecule has 4 rings (SSSR count).